The van der Waals surface area contributed by atoms with E-state index in [1.807, 2.05) is 0 Å². The Morgan fingerprint density at radius 3 is 2.09 bits per heavy atom. The van der Waals surface area contributed by atoms with Crippen molar-refractivity contribution in [3.8, 4) is 0 Å². The molecule has 3 aromatic rings. The summed E-state index contributed by atoms with van der Waals surface area (Å²) < 4.78 is 30.3. The van der Waals surface area contributed by atoms with E-state index in [9.17, 15) is 13.9 Å². The summed E-state index contributed by atoms with van der Waals surface area (Å²) in [5.41, 5.74) is -1.65. The average Bonchev–Trinajstić information content (AvgIpc) is 3.12. The lowest BCUT2D eigenvalue weighted by Gasteiger charge is -2.24. The number of hydrogen-bond acceptors (Lipinski definition) is 3. The smallest absolute Gasteiger partial charge is 0.306 e. The Kier molecular flexibility index (Phi) is 3.63. The molecule has 0 unspecified atom stereocenters. The van der Waals surface area contributed by atoms with E-state index in [2.05, 4.69) is 20.2 Å². The topological polar surface area (TPSA) is 85.3 Å². The van der Waals surface area contributed by atoms with Crippen LogP contribution in [0.1, 0.15) is 5.56 Å². The summed E-state index contributed by atoms with van der Waals surface area (Å²) >= 11 is 0. The van der Waals surface area contributed by atoms with Gasteiger partial charge in [0.15, 0.2) is 5.60 Å². The molecule has 9 heteroatoms. The highest BCUT2D eigenvalue weighted by Gasteiger charge is 2.38. The SMILES string of the molecule is OC(C[n+]1cnc[nH]1)(C[n+]1cnc[nH]1)c1ccc(F)cc1F. The van der Waals surface area contributed by atoms with Crippen molar-refractivity contribution >= 4 is 0 Å². The lowest BCUT2D eigenvalue weighted by Crippen LogP contribution is -2.55. The maximum Gasteiger partial charge on any atom is 0.306 e. The molecule has 1 aromatic carbocycles. The van der Waals surface area contributed by atoms with Gasteiger partial charge < -0.3 is 5.11 Å². The second kappa shape index (κ2) is 5.60. The standard InChI is InChI=1S/C13H12F2N6O/c14-10-1-2-11(12(15)3-10)13(22,4-20-8-16-6-18-20)5-21-9-17-7-19-21/h1-3,6-9,22H,4-5H2/p+2. The lowest BCUT2D eigenvalue weighted by molar-refractivity contribution is -0.801. The number of hydrogen-bond donors (Lipinski definition) is 3. The minimum atomic E-state index is -1.63. The Balaban J connectivity index is 2.01. The van der Waals surface area contributed by atoms with Gasteiger partial charge in [0.2, 0.25) is 12.7 Å². The minimum absolute atomic E-state index is 0.00156. The molecule has 2 heterocycles. The summed E-state index contributed by atoms with van der Waals surface area (Å²) in [6, 6.07) is 3.09. The molecule has 22 heavy (non-hydrogen) atoms. The van der Waals surface area contributed by atoms with E-state index in [1.165, 1.54) is 40.7 Å². The number of aliphatic hydroxyl groups is 1. The van der Waals surface area contributed by atoms with Crippen LogP contribution < -0.4 is 9.36 Å². The first kappa shape index (κ1) is 14.3. The van der Waals surface area contributed by atoms with E-state index in [0.29, 0.717) is 0 Å². The van der Waals surface area contributed by atoms with Gasteiger partial charge in [-0.3, -0.25) is 0 Å². The van der Waals surface area contributed by atoms with Gasteiger partial charge in [0.05, 0.1) is 0 Å². The zero-order chi connectivity index (χ0) is 15.6. The summed E-state index contributed by atoms with van der Waals surface area (Å²) in [6.45, 7) is 0.00312. The first-order chi connectivity index (χ1) is 10.6. The van der Waals surface area contributed by atoms with Crippen molar-refractivity contribution in [2.75, 3.05) is 0 Å². The number of nitrogens with one attached hydrogen (secondary N) is 2. The van der Waals surface area contributed by atoms with Crippen LogP contribution in [0, 0.1) is 11.6 Å². The van der Waals surface area contributed by atoms with E-state index in [0.717, 1.165) is 12.1 Å². The predicted molar refractivity (Wildman–Crippen MR) is 67.8 cm³/mol. The molecule has 0 bridgehead atoms. The molecule has 2 aromatic heterocycles. The summed E-state index contributed by atoms with van der Waals surface area (Å²) in [5, 5.41) is 16.6. The fourth-order valence-corrected chi connectivity index (χ4v) is 2.33. The van der Waals surface area contributed by atoms with Crippen LogP contribution in [-0.4, -0.2) is 25.3 Å². The molecule has 0 saturated carbocycles. The molecule has 7 nitrogen and oxygen atoms in total. The van der Waals surface area contributed by atoms with E-state index in [4.69, 9.17) is 0 Å². The van der Waals surface area contributed by atoms with Crippen LogP contribution in [0.5, 0.6) is 0 Å². The molecule has 114 valence electrons. The van der Waals surface area contributed by atoms with Crippen LogP contribution in [0.2, 0.25) is 0 Å². The molecular formula is C13H14F2N6O+2. The van der Waals surface area contributed by atoms with Crippen LogP contribution in [0.3, 0.4) is 0 Å². The van der Waals surface area contributed by atoms with Gasteiger partial charge in [0.25, 0.3) is 0 Å². The van der Waals surface area contributed by atoms with Crippen LogP contribution in [0.15, 0.2) is 43.5 Å². The van der Waals surface area contributed by atoms with Gasteiger partial charge in [-0.25, -0.2) is 8.78 Å². The first-order valence-corrected chi connectivity index (χ1v) is 6.50. The van der Waals surface area contributed by atoms with Gasteiger partial charge in [-0.1, -0.05) is 0 Å². The number of aromatic amines is 2. The van der Waals surface area contributed by atoms with Gasteiger partial charge in [-0.2, -0.15) is 19.6 Å². The molecule has 0 aliphatic heterocycles. The largest absolute Gasteiger partial charge is 0.377 e. The van der Waals surface area contributed by atoms with Gasteiger partial charge in [-0.05, 0) is 22.1 Å². The van der Waals surface area contributed by atoms with Gasteiger partial charge in [-0.15, -0.1) is 0 Å². The van der Waals surface area contributed by atoms with Gasteiger partial charge in [0.1, 0.15) is 24.7 Å². The number of halogens is 2. The van der Waals surface area contributed by atoms with E-state index < -0.39 is 17.2 Å². The van der Waals surface area contributed by atoms with Crippen molar-refractivity contribution in [1.82, 2.24) is 20.2 Å². The molecule has 0 atom stereocenters. The maximum absolute atomic E-state index is 14.1. The quantitative estimate of drug-likeness (QED) is 0.559. The number of H-pyrrole nitrogens is 2. The highest BCUT2D eigenvalue weighted by Crippen LogP contribution is 2.25. The van der Waals surface area contributed by atoms with Crippen molar-refractivity contribution in [3.05, 3.63) is 60.7 Å². The normalized spacial score (nSPS) is 11.8. The zero-order valence-electron chi connectivity index (χ0n) is 11.4. The van der Waals surface area contributed by atoms with Crippen molar-refractivity contribution in [2.45, 2.75) is 18.7 Å². The van der Waals surface area contributed by atoms with E-state index in [-0.39, 0.29) is 18.7 Å². The molecule has 0 radical (unpaired) electrons. The molecule has 0 spiro atoms. The predicted octanol–water partition coefficient (Wildman–Crippen LogP) is -0.426. The van der Waals surface area contributed by atoms with Crippen LogP contribution in [-0.2, 0) is 18.7 Å². The fraction of sp³-hybridized carbons (Fsp3) is 0.231. The third-order valence-electron chi connectivity index (χ3n) is 3.30. The summed E-state index contributed by atoms with van der Waals surface area (Å²) in [5.74, 6) is -1.52. The van der Waals surface area contributed by atoms with Gasteiger partial charge in [0, 0.05) is 11.6 Å². The third-order valence-corrected chi connectivity index (χ3v) is 3.30. The zero-order valence-corrected chi connectivity index (χ0v) is 11.4. The Bertz CT molecular complexity index is 708. The van der Waals surface area contributed by atoms with E-state index in [1.54, 1.807) is 0 Å². The number of benzene rings is 1. The summed E-state index contributed by atoms with van der Waals surface area (Å²) in [6.07, 6.45) is 5.80. The van der Waals surface area contributed by atoms with Crippen LogP contribution in [0.4, 0.5) is 8.78 Å². The van der Waals surface area contributed by atoms with Crippen molar-refractivity contribution in [3.63, 3.8) is 0 Å². The Morgan fingerprint density at radius 1 is 1.05 bits per heavy atom. The van der Waals surface area contributed by atoms with E-state index >= 15 is 0 Å². The number of rotatable bonds is 5. The van der Waals surface area contributed by atoms with Crippen molar-refractivity contribution < 1.29 is 23.3 Å². The monoisotopic (exact) mass is 308 g/mol. The Hall–Kier alpha value is -2.68. The summed E-state index contributed by atoms with van der Waals surface area (Å²) in [7, 11) is 0. The first-order valence-electron chi connectivity index (χ1n) is 6.50. The molecule has 0 saturated heterocycles. The Morgan fingerprint density at radius 2 is 1.64 bits per heavy atom. The van der Waals surface area contributed by atoms with Gasteiger partial charge >= 0.3 is 12.7 Å². The third kappa shape index (κ3) is 2.84. The van der Waals surface area contributed by atoms with Crippen LogP contribution >= 0.6 is 0 Å². The molecule has 0 aliphatic rings. The minimum Gasteiger partial charge on any atom is -0.377 e. The molecule has 3 rings (SSSR count). The number of nitrogens with zero attached hydrogens (tertiary/aromatic N) is 4. The average molecular weight is 308 g/mol. The lowest BCUT2D eigenvalue weighted by atomic mass is 9.93. The maximum atomic E-state index is 14.1. The second-order valence-electron chi connectivity index (χ2n) is 4.96. The fourth-order valence-electron chi connectivity index (χ4n) is 2.33. The van der Waals surface area contributed by atoms with Crippen molar-refractivity contribution in [2.24, 2.45) is 0 Å². The highest BCUT2D eigenvalue weighted by atomic mass is 19.1. The molecule has 0 fully saturated rings. The van der Waals surface area contributed by atoms with Crippen LogP contribution in [0.25, 0.3) is 0 Å². The Labute approximate surface area is 123 Å². The second-order valence-corrected chi connectivity index (χ2v) is 4.96. The highest BCUT2D eigenvalue weighted by molar-refractivity contribution is 5.24. The number of aromatic nitrogens is 6. The molecular weight excluding hydrogens is 294 g/mol. The molecule has 0 amide bonds. The van der Waals surface area contributed by atoms with Crippen molar-refractivity contribution in [1.29, 1.82) is 0 Å². The summed E-state index contributed by atoms with van der Waals surface area (Å²) in [4.78, 5) is 7.70. The molecule has 3 N–H and O–H groups in total. The molecule has 0 aliphatic carbocycles.